The molecular formula is C18H28ClNO4. The summed E-state index contributed by atoms with van der Waals surface area (Å²) in [6.45, 7) is 4.84. The molecule has 1 aromatic carbocycles. The number of carbonyl (C=O) groups is 1. The van der Waals surface area contributed by atoms with Crippen LogP contribution in [0.5, 0.6) is 5.75 Å². The van der Waals surface area contributed by atoms with Crippen LogP contribution in [-0.4, -0.2) is 38.9 Å². The van der Waals surface area contributed by atoms with Crippen LogP contribution < -0.4 is 10.1 Å². The van der Waals surface area contributed by atoms with Crippen LogP contribution in [0.25, 0.3) is 0 Å². The van der Waals surface area contributed by atoms with E-state index in [1.807, 2.05) is 6.92 Å². The third-order valence-electron chi connectivity index (χ3n) is 3.92. The van der Waals surface area contributed by atoms with Crippen molar-refractivity contribution in [1.82, 2.24) is 0 Å². The van der Waals surface area contributed by atoms with Gasteiger partial charge in [-0.3, -0.25) is 4.79 Å². The molecule has 0 heterocycles. The van der Waals surface area contributed by atoms with Crippen LogP contribution in [0, 0.1) is 0 Å². The topological polar surface area (TPSA) is 56.8 Å². The molecule has 0 aromatic heterocycles. The van der Waals surface area contributed by atoms with E-state index in [-0.39, 0.29) is 5.91 Å². The average molecular weight is 358 g/mol. The first-order chi connectivity index (χ1) is 11.5. The Balaban J connectivity index is 2.69. The van der Waals surface area contributed by atoms with Gasteiger partial charge < -0.3 is 19.5 Å². The summed E-state index contributed by atoms with van der Waals surface area (Å²) in [5, 5.41) is 3.31. The molecule has 0 saturated carbocycles. The van der Waals surface area contributed by atoms with Crippen LogP contribution in [0.2, 0.25) is 5.02 Å². The van der Waals surface area contributed by atoms with E-state index >= 15 is 0 Å². The predicted molar refractivity (Wildman–Crippen MR) is 97.0 cm³/mol. The minimum Gasteiger partial charge on any atom is -0.490 e. The number of halogens is 1. The Hall–Kier alpha value is -1.30. The van der Waals surface area contributed by atoms with Gasteiger partial charge in [-0.1, -0.05) is 37.8 Å². The first-order valence-corrected chi connectivity index (χ1v) is 8.62. The Morgan fingerprint density at radius 3 is 2.58 bits per heavy atom. The summed E-state index contributed by atoms with van der Waals surface area (Å²) in [7, 11) is 3.17. The average Bonchev–Trinajstić information content (AvgIpc) is 2.57. The fraction of sp³-hybridized carbons (Fsp3) is 0.611. The summed E-state index contributed by atoms with van der Waals surface area (Å²) in [6.07, 6.45) is 3.80. The molecule has 136 valence electrons. The lowest BCUT2D eigenvalue weighted by molar-refractivity contribution is -0.136. The number of nitrogens with one attached hydrogen (secondary N) is 1. The second-order valence-corrected chi connectivity index (χ2v) is 6.24. The molecule has 0 fully saturated rings. The fourth-order valence-corrected chi connectivity index (χ4v) is 2.45. The van der Waals surface area contributed by atoms with Crippen LogP contribution in [-0.2, 0) is 14.3 Å². The van der Waals surface area contributed by atoms with Gasteiger partial charge >= 0.3 is 0 Å². The number of amides is 1. The van der Waals surface area contributed by atoms with Crippen LogP contribution >= 0.6 is 11.6 Å². The number of hydrogen-bond donors (Lipinski definition) is 1. The van der Waals surface area contributed by atoms with Gasteiger partial charge in [-0.05, 0) is 31.5 Å². The van der Waals surface area contributed by atoms with Gasteiger partial charge in [0, 0.05) is 19.9 Å². The van der Waals surface area contributed by atoms with Gasteiger partial charge in [0.05, 0.1) is 11.6 Å². The lowest BCUT2D eigenvalue weighted by Gasteiger charge is -2.27. The smallest absolute Gasteiger partial charge is 0.256 e. The normalized spacial score (nSPS) is 13.4. The molecular weight excluding hydrogens is 330 g/mol. The molecule has 1 N–H and O–H groups in total. The monoisotopic (exact) mass is 357 g/mol. The largest absolute Gasteiger partial charge is 0.490 e. The highest BCUT2D eigenvalue weighted by atomic mass is 35.5. The maximum absolute atomic E-state index is 12.5. The molecule has 0 aliphatic heterocycles. The van der Waals surface area contributed by atoms with Gasteiger partial charge in [-0.25, -0.2) is 0 Å². The Morgan fingerprint density at radius 1 is 1.25 bits per heavy atom. The van der Waals surface area contributed by atoms with Crippen molar-refractivity contribution in [2.24, 2.45) is 0 Å². The molecule has 1 atom stereocenters. The highest BCUT2D eigenvalue weighted by Gasteiger charge is 2.32. The zero-order chi connectivity index (χ0) is 18.0. The van der Waals surface area contributed by atoms with Gasteiger partial charge in [0.25, 0.3) is 5.91 Å². The summed E-state index contributed by atoms with van der Waals surface area (Å²) in [5.41, 5.74) is -0.238. The highest BCUT2D eigenvalue weighted by molar-refractivity contribution is 6.32. The van der Waals surface area contributed by atoms with Crippen LogP contribution in [0.4, 0.5) is 5.69 Å². The zero-order valence-electron chi connectivity index (χ0n) is 15.0. The summed E-state index contributed by atoms with van der Waals surface area (Å²) in [5.74, 6) is 0.384. The molecule has 1 rings (SSSR count). The van der Waals surface area contributed by atoms with E-state index in [0.717, 1.165) is 19.3 Å². The van der Waals surface area contributed by atoms with Crippen molar-refractivity contribution in [3.8, 4) is 5.75 Å². The van der Waals surface area contributed by atoms with Crippen LogP contribution in [0.15, 0.2) is 18.2 Å². The van der Waals surface area contributed by atoms with Crippen molar-refractivity contribution in [1.29, 1.82) is 0 Å². The minimum absolute atomic E-state index is 0.176. The number of ether oxygens (including phenoxy) is 3. The van der Waals surface area contributed by atoms with Crippen molar-refractivity contribution < 1.29 is 19.0 Å². The summed E-state index contributed by atoms with van der Waals surface area (Å²) >= 11 is 6.19. The number of anilines is 1. The maximum atomic E-state index is 12.5. The van der Waals surface area contributed by atoms with Gasteiger partial charge in [0.2, 0.25) is 0 Å². The number of carbonyl (C=O) groups excluding carboxylic acids is 1. The Bertz CT molecular complexity index is 524. The van der Waals surface area contributed by atoms with E-state index in [9.17, 15) is 4.79 Å². The van der Waals surface area contributed by atoms with Gasteiger partial charge in [-0.15, -0.1) is 0 Å². The Labute approximate surface area is 149 Å². The van der Waals surface area contributed by atoms with E-state index < -0.39 is 5.60 Å². The van der Waals surface area contributed by atoms with E-state index in [0.29, 0.717) is 36.1 Å². The third-order valence-corrected chi connectivity index (χ3v) is 4.22. The summed E-state index contributed by atoms with van der Waals surface area (Å²) in [4.78, 5) is 12.5. The molecule has 6 heteroatoms. The highest BCUT2D eigenvalue weighted by Crippen LogP contribution is 2.29. The van der Waals surface area contributed by atoms with Gasteiger partial charge in [0.1, 0.15) is 18.0 Å². The first-order valence-electron chi connectivity index (χ1n) is 8.24. The number of benzene rings is 1. The van der Waals surface area contributed by atoms with Crippen molar-refractivity contribution in [2.45, 2.75) is 45.1 Å². The lowest BCUT2D eigenvalue weighted by atomic mass is 9.97. The first kappa shape index (κ1) is 20.7. The van der Waals surface area contributed by atoms with Crippen molar-refractivity contribution in [3.05, 3.63) is 23.2 Å². The van der Waals surface area contributed by atoms with E-state index in [4.69, 9.17) is 25.8 Å². The van der Waals surface area contributed by atoms with Crippen molar-refractivity contribution >= 4 is 23.2 Å². The van der Waals surface area contributed by atoms with Gasteiger partial charge in [-0.2, -0.15) is 0 Å². The standard InChI is InChI=1S/C18H28ClNO4/c1-5-6-7-10-18(2,23-4)17(21)20-14-8-9-16(15(19)13-14)24-12-11-22-3/h8-9,13H,5-7,10-12H2,1-4H3,(H,20,21)/t18-/m0/s1. The second kappa shape index (κ2) is 10.5. The van der Waals surface area contributed by atoms with E-state index in [1.54, 1.807) is 32.4 Å². The summed E-state index contributed by atoms with van der Waals surface area (Å²) < 4.78 is 15.9. The molecule has 0 bridgehead atoms. The molecule has 1 aromatic rings. The Morgan fingerprint density at radius 2 is 2.00 bits per heavy atom. The molecule has 0 spiro atoms. The fourth-order valence-electron chi connectivity index (χ4n) is 2.21. The number of methoxy groups -OCH3 is 2. The third kappa shape index (κ3) is 6.30. The maximum Gasteiger partial charge on any atom is 0.256 e. The molecule has 5 nitrogen and oxygen atoms in total. The molecule has 1 amide bonds. The quantitative estimate of drug-likeness (QED) is 0.600. The van der Waals surface area contributed by atoms with E-state index in [2.05, 4.69) is 12.2 Å². The van der Waals surface area contributed by atoms with Crippen molar-refractivity contribution in [3.63, 3.8) is 0 Å². The minimum atomic E-state index is -0.852. The zero-order valence-corrected chi connectivity index (χ0v) is 15.7. The molecule has 0 saturated heterocycles. The lowest BCUT2D eigenvalue weighted by Crippen LogP contribution is -2.41. The number of rotatable bonds is 11. The Kier molecular flexibility index (Phi) is 9.11. The SMILES string of the molecule is CCCCC[C@](C)(OC)C(=O)Nc1ccc(OCCOC)c(Cl)c1. The van der Waals surface area contributed by atoms with Gasteiger partial charge in [0.15, 0.2) is 0 Å². The van der Waals surface area contributed by atoms with E-state index in [1.165, 1.54) is 0 Å². The molecule has 0 aliphatic carbocycles. The molecule has 0 aliphatic rings. The molecule has 24 heavy (non-hydrogen) atoms. The van der Waals surface area contributed by atoms with Crippen LogP contribution in [0.1, 0.15) is 39.5 Å². The predicted octanol–water partition coefficient (Wildman–Crippen LogP) is 4.29. The molecule has 0 radical (unpaired) electrons. The van der Waals surface area contributed by atoms with Crippen LogP contribution in [0.3, 0.4) is 0 Å². The second-order valence-electron chi connectivity index (χ2n) is 5.83. The number of unbranched alkanes of at least 4 members (excludes halogenated alkanes) is 2. The molecule has 0 unspecified atom stereocenters. The number of hydrogen-bond acceptors (Lipinski definition) is 4. The van der Waals surface area contributed by atoms with Crippen molar-refractivity contribution in [2.75, 3.05) is 32.8 Å². The summed E-state index contributed by atoms with van der Waals surface area (Å²) in [6, 6.07) is 5.16.